The van der Waals surface area contributed by atoms with Crippen LogP contribution in [-0.4, -0.2) is 28.5 Å². The summed E-state index contributed by atoms with van der Waals surface area (Å²) < 4.78 is 38.3. The van der Waals surface area contributed by atoms with Gasteiger partial charge in [0, 0.05) is 7.05 Å². The van der Waals surface area contributed by atoms with Crippen LogP contribution in [0.25, 0.3) is 0 Å². The van der Waals surface area contributed by atoms with E-state index in [1.54, 1.807) is 48.5 Å². The fourth-order valence-electron chi connectivity index (χ4n) is 2.99. The molecular formula is C21H18N2O5S. The quantitative estimate of drug-likeness (QED) is 0.706. The van der Waals surface area contributed by atoms with Crippen molar-refractivity contribution in [2.24, 2.45) is 0 Å². The van der Waals surface area contributed by atoms with E-state index in [1.165, 1.54) is 32.4 Å². The molecule has 7 nitrogen and oxygen atoms in total. The molecule has 3 aromatic rings. The molecule has 1 N–H and O–H groups in total. The number of benzene rings is 3. The second-order valence-electron chi connectivity index (χ2n) is 6.38. The van der Waals surface area contributed by atoms with Gasteiger partial charge in [-0.25, -0.2) is 8.42 Å². The molecule has 148 valence electrons. The van der Waals surface area contributed by atoms with Gasteiger partial charge in [-0.05, 0) is 54.6 Å². The lowest BCUT2D eigenvalue weighted by molar-refractivity contribution is 0.102. The summed E-state index contributed by atoms with van der Waals surface area (Å²) in [7, 11) is -0.899. The van der Waals surface area contributed by atoms with E-state index in [9.17, 15) is 13.2 Å². The van der Waals surface area contributed by atoms with E-state index in [2.05, 4.69) is 5.32 Å². The number of nitrogens with one attached hydrogen (secondary N) is 1. The lowest BCUT2D eigenvalue weighted by Gasteiger charge is -2.20. The molecule has 1 aliphatic heterocycles. The topological polar surface area (TPSA) is 84.9 Å². The summed E-state index contributed by atoms with van der Waals surface area (Å²) in [4.78, 5) is 12.6. The van der Waals surface area contributed by atoms with Gasteiger partial charge in [0.1, 0.15) is 11.5 Å². The third-order valence-electron chi connectivity index (χ3n) is 4.65. The molecule has 0 fully saturated rings. The molecule has 0 radical (unpaired) electrons. The SMILES string of the molecule is COc1ccc(N(C)S(=O)(=O)c2ccc3c(c2)C(=O)Nc2ccccc2O3)cc1. The van der Waals surface area contributed by atoms with Crippen LogP contribution in [-0.2, 0) is 10.0 Å². The number of amides is 1. The van der Waals surface area contributed by atoms with E-state index in [-0.39, 0.29) is 10.5 Å². The summed E-state index contributed by atoms with van der Waals surface area (Å²) in [5, 5.41) is 2.74. The van der Waals surface area contributed by atoms with Crippen LogP contribution in [0.4, 0.5) is 11.4 Å². The number of anilines is 2. The Kier molecular flexibility index (Phi) is 4.63. The number of nitrogens with zero attached hydrogens (tertiary/aromatic N) is 1. The lowest BCUT2D eigenvalue weighted by atomic mass is 10.2. The zero-order valence-electron chi connectivity index (χ0n) is 15.7. The number of hydrogen-bond donors (Lipinski definition) is 1. The molecule has 0 atom stereocenters. The average Bonchev–Trinajstić information content (AvgIpc) is 2.88. The molecule has 29 heavy (non-hydrogen) atoms. The van der Waals surface area contributed by atoms with Crippen LogP contribution in [0.3, 0.4) is 0 Å². The minimum absolute atomic E-state index is 0.0146. The van der Waals surface area contributed by atoms with Crippen molar-refractivity contribution < 1.29 is 22.7 Å². The first-order chi connectivity index (χ1) is 13.9. The number of fused-ring (bicyclic) bond motifs is 2. The second-order valence-corrected chi connectivity index (χ2v) is 8.35. The fourth-order valence-corrected chi connectivity index (χ4v) is 4.21. The number of carbonyl (C=O) groups is 1. The zero-order valence-corrected chi connectivity index (χ0v) is 16.6. The van der Waals surface area contributed by atoms with E-state index in [0.29, 0.717) is 28.6 Å². The number of rotatable bonds is 4. The minimum atomic E-state index is -3.89. The Bertz CT molecular complexity index is 1190. The number of hydrogen-bond acceptors (Lipinski definition) is 5. The number of sulfonamides is 1. The van der Waals surface area contributed by atoms with Crippen LogP contribution < -0.4 is 19.1 Å². The summed E-state index contributed by atoms with van der Waals surface area (Å²) in [5.41, 5.74) is 1.13. The van der Waals surface area contributed by atoms with Crippen molar-refractivity contribution in [3.63, 3.8) is 0 Å². The Morgan fingerprint density at radius 1 is 0.966 bits per heavy atom. The number of ether oxygens (including phenoxy) is 2. The highest BCUT2D eigenvalue weighted by molar-refractivity contribution is 7.92. The van der Waals surface area contributed by atoms with Crippen LogP contribution in [0.2, 0.25) is 0 Å². The highest BCUT2D eigenvalue weighted by Gasteiger charge is 2.26. The van der Waals surface area contributed by atoms with Crippen molar-refractivity contribution >= 4 is 27.3 Å². The van der Waals surface area contributed by atoms with Gasteiger partial charge in [0.25, 0.3) is 15.9 Å². The molecule has 1 aliphatic rings. The van der Waals surface area contributed by atoms with E-state index in [0.717, 1.165) is 4.31 Å². The second kappa shape index (κ2) is 7.14. The van der Waals surface area contributed by atoms with E-state index < -0.39 is 15.9 Å². The highest BCUT2D eigenvalue weighted by atomic mass is 32.2. The molecule has 0 saturated carbocycles. The Hall–Kier alpha value is -3.52. The molecule has 0 bridgehead atoms. The fraction of sp³-hybridized carbons (Fsp3) is 0.0952. The van der Waals surface area contributed by atoms with Crippen molar-refractivity contribution in [1.29, 1.82) is 0 Å². The smallest absolute Gasteiger partial charge is 0.264 e. The Morgan fingerprint density at radius 2 is 1.69 bits per heavy atom. The van der Waals surface area contributed by atoms with Gasteiger partial charge in [-0.3, -0.25) is 9.10 Å². The molecule has 1 heterocycles. The van der Waals surface area contributed by atoms with Crippen molar-refractivity contribution in [2.45, 2.75) is 4.90 Å². The maximum Gasteiger partial charge on any atom is 0.264 e. The molecule has 4 rings (SSSR count). The lowest BCUT2D eigenvalue weighted by Crippen LogP contribution is -2.26. The minimum Gasteiger partial charge on any atom is -0.497 e. The largest absolute Gasteiger partial charge is 0.497 e. The zero-order chi connectivity index (χ0) is 20.6. The maximum atomic E-state index is 13.1. The van der Waals surface area contributed by atoms with Gasteiger partial charge in [-0.1, -0.05) is 12.1 Å². The number of carbonyl (C=O) groups excluding carboxylic acids is 1. The van der Waals surface area contributed by atoms with Gasteiger partial charge in [0.15, 0.2) is 5.75 Å². The summed E-state index contributed by atoms with van der Waals surface area (Å²) in [6.07, 6.45) is 0. The molecule has 0 unspecified atom stereocenters. The summed E-state index contributed by atoms with van der Waals surface area (Å²) >= 11 is 0. The van der Waals surface area contributed by atoms with Crippen LogP contribution in [0.1, 0.15) is 10.4 Å². The molecular weight excluding hydrogens is 392 g/mol. The molecule has 1 amide bonds. The molecule has 0 saturated heterocycles. The first-order valence-corrected chi connectivity index (χ1v) is 10.2. The van der Waals surface area contributed by atoms with Gasteiger partial charge in [0.2, 0.25) is 0 Å². The van der Waals surface area contributed by atoms with Gasteiger partial charge < -0.3 is 14.8 Å². The third kappa shape index (κ3) is 3.38. The van der Waals surface area contributed by atoms with Crippen molar-refractivity contribution in [2.75, 3.05) is 23.8 Å². The van der Waals surface area contributed by atoms with Crippen LogP contribution in [0.5, 0.6) is 17.2 Å². The predicted octanol–water partition coefficient (Wildman–Crippen LogP) is 3.88. The first kappa shape index (κ1) is 18.8. The summed E-state index contributed by atoms with van der Waals surface area (Å²) in [5.74, 6) is 0.969. The molecule has 0 aromatic heterocycles. The Balaban J connectivity index is 1.71. The van der Waals surface area contributed by atoms with Gasteiger partial charge >= 0.3 is 0 Å². The van der Waals surface area contributed by atoms with E-state index in [4.69, 9.17) is 9.47 Å². The monoisotopic (exact) mass is 410 g/mol. The standard InChI is InChI=1S/C21H18N2O5S/c1-23(14-7-9-15(27-2)10-8-14)29(25,26)16-11-12-19-17(13-16)21(24)22-18-5-3-4-6-20(18)28-19/h3-13H,1-2H3,(H,22,24). The van der Waals surface area contributed by atoms with Crippen molar-refractivity contribution in [3.05, 3.63) is 72.3 Å². The van der Waals surface area contributed by atoms with Crippen LogP contribution >= 0.6 is 0 Å². The van der Waals surface area contributed by atoms with Crippen molar-refractivity contribution in [3.8, 4) is 17.2 Å². The van der Waals surface area contributed by atoms with Crippen LogP contribution in [0.15, 0.2) is 71.6 Å². The third-order valence-corrected chi connectivity index (χ3v) is 6.43. The summed E-state index contributed by atoms with van der Waals surface area (Å²) in [6.45, 7) is 0. The van der Waals surface area contributed by atoms with E-state index >= 15 is 0 Å². The van der Waals surface area contributed by atoms with Gasteiger partial charge in [-0.2, -0.15) is 0 Å². The average molecular weight is 410 g/mol. The molecule has 8 heteroatoms. The molecule has 0 spiro atoms. The first-order valence-electron chi connectivity index (χ1n) is 8.75. The highest BCUT2D eigenvalue weighted by Crippen LogP contribution is 2.36. The number of para-hydroxylation sites is 2. The molecule has 0 aliphatic carbocycles. The van der Waals surface area contributed by atoms with Crippen LogP contribution in [0, 0.1) is 0 Å². The predicted molar refractivity (Wildman–Crippen MR) is 109 cm³/mol. The van der Waals surface area contributed by atoms with Crippen molar-refractivity contribution in [1.82, 2.24) is 0 Å². The Morgan fingerprint density at radius 3 is 2.41 bits per heavy atom. The summed E-state index contributed by atoms with van der Waals surface area (Å²) in [6, 6.07) is 17.9. The normalized spacial score (nSPS) is 12.7. The molecule has 3 aromatic carbocycles. The van der Waals surface area contributed by atoms with Gasteiger partial charge in [-0.15, -0.1) is 0 Å². The van der Waals surface area contributed by atoms with Gasteiger partial charge in [0.05, 0.1) is 28.9 Å². The number of methoxy groups -OCH3 is 1. The maximum absolute atomic E-state index is 13.1. The Labute approximate surface area is 168 Å². The van der Waals surface area contributed by atoms with E-state index in [1.807, 2.05) is 0 Å².